The smallest absolute Gasteiger partial charge is 0.0175 e. The highest BCUT2D eigenvalue weighted by molar-refractivity contribution is 9.10. The number of likely N-dealkylation sites (N-methyl/N-ethyl adjacent to an activating group) is 1. The molecule has 1 aromatic rings. The molecule has 0 aliphatic rings. The van der Waals surface area contributed by atoms with Crippen LogP contribution in [0.2, 0.25) is 0 Å². The van der Waals surface area contributed by atoms with E-state index in [1.54, 1.807) is 0 Å². The molecule has 0 heterocycles. The van der Waals surface area contributed by atoms with E-state index in [0.717, 1.165) is 24.0 Å². The first-order chi connectivity index (χ1) is 8.11. The SMILES string of the molecule is CCNC(CCN(C)C)Cc1ccc(Br)cc1. The van der Waals surface area contributed by atoms with Crippen molar-refractivity contribution in [1.82, 2.24) is 10.2 Å². The van der Waals surface area contributed by atoms with E-state index in [1.165, 1.54) is 12.0 Å². The predicted molar refractivity (Wildman–Crippen MR) is 78.5 cm³/mol. The molecular weight excluding hydrogens is 276 g/mol. The van der Waals surface area contributed by atoms with Crippen molar-refractivity contribution in [2.24, 2.45) is 0 Å². The molecule has 3 heteroatoms. The standard InChI is InChI=1S/C14H23BrN2/c1-4-16-14(9-10-17(2)3)11-12-5-7-13(15)8-6-12/h5-8,14,16H,4,9-11H2,1-3H3. The molecule has 1 N–H and O–H groups in total. The van der Waals surface area contributed by atoms with Crippen LogP contribution in [-0.2, 0) is 6.42 Å². The lowest BCUT2D eigenvalue weighted by atomic mass is 10.0. The second kappa shape index (κ2) is 7.85. The fraction of sp³-hybridized carbons (Fsp3) is 0.571. The molecule has 0 saturated heterocycles. The number of rotatable bonds is 7. The van der Waals surface area contributed by atoms with Crippen LogP contribution in [0.5, 0.6) is 0 Å². The minimum atomic E-state index is 0.573. The Morgan fingerprint density at radius 3 is 2.41 bits per heavy atom. The number of hydrogen-bond donors (Lipinski definition) is 1. The van der Waals surface area contributed by atoms with Gasteiger partial charge < -0.3 is 10.2 Å². The van der Waals surface area contributed by atoms with Crippen molar-refractivity contribution in [3.05, 3.63) is 34.3 Å². The lowest BCUT2D eigenvalue weighted by molar-refractivity contribution is 0.358. The minimum Gasteiger partial charge on any atom is -0.314 e. The molecule has 0 bridgehead atoms. The Balaban J connectivity index is 2.50. The average molecular weight is 299 g/mol. The number of hydrogen-bond acceptors (Lipinski definition) is 2. The number of nitrogens with zero attached hydrogens (tertiary/aromatic N) is 1. The summed E-state index contributed by atoms with van der Waals surface area (Å²) in [5.74, 6) is 0. The summed E-state index contributed by atoms with van der Waals surface area (Å²) in [6, 6.07) is 9.20. The fourth-order valence-corrected chi connectivity index (χ4v) is 2.15. The third-order valence-electron chi connectivity index (χ3n) is 2.81. The highest BCUT2D eigenvalue weighted by Crippen LogP contribution is 2.12. The van der Waals surface area contributed by atoms with Gasteiger partial charge >= 0.3 is 0 Å². The summed E-state index contributed by atoms with van der Waals surface area (Å²) in [5, 5.41) is 3.56. The maximum absolute atomic E-state index is 3.56. The van der Waals surface area contributed by atoms with Gasteiger partial charge in [-0.2, -0.15) is 0 Å². The highest BCUT2D eigenvalue weighted by Gasteiger charge is 2.08. The first-order valence-corrected chi connectivity index (χ1v) is 7.03. The molecule has 2 nitrogen and oxygen atoms in total. The van der Waals surface area contributed by atoms with E-state index < -0.39 is 0 Å². The van der Waals surface area contributed by atoms with Crippen molar-refractivity contribution in [2.45, 2.75) is 25.8 Å². The van der Waals surface area contributed by atoms with Gasteiger partial charge in [-0.05, 0) is 57.7 Å². The molecule has 96 valence electrons. The third-order valence-corrected chi connectivity index (χ3v) is 3.34. The van der Waals surface area contributed by atoms with Crippen LogP contribution in [0.3, 0.4) is 0 Å². The van der Waals surface area contributed by atoms with Gasteiger partial charge in [0.1, 0.15) is 0 Å². The number of benzene rings is 1. The zero-order chi connectivity index (χ0) is 12.7. The predicted octanol–water partition coefficient (Wildman–Crippen LogP) is 2.92. The lowest BCUT2D eigenvalue weighted by Crippen LogP contribution is -2.34. The van der Waals surface area contributed by atoms with Crippen molar-refractivity contribution in [2.75, 3.05) is 27.2 Å². The van der Waals surface area contributed by atoms with Crippen LogP contribution in [0.25, 0.3) is 0 Å². The van der Waals surface area contributed by atoms with E-state index in [4.69, 9.17) is 0 Å². The van der Waals surface area contributed by atoms with E-state index in [0.29, 0.717) is 6.04 Å². The largest absolute Gasteiger partial charge is 0.314 e. The molecule has 0 aromatic heterocycles. The molecule has 0 radical (unpaired) electrons. The monoisotopic (exact) mass is 298 g/mol. The van der Waals surface area contributed by atoms with Gasteiger partial charge in [0.2, 0.25) is 0 Å². The van der Waals surface area contributed by atoms with Crippen LogP contribution in [0, 0.1) is 0 Å². The summed E-state index contributed by atoms with van der Waals surface area (Å²) in [4.78, 5) is 2.24. The second-order valence-corrected chi connectivity index (χ2v) is 5.59. The Morgan fingerprint density at radius 2 is 1.88 bits per heavy atom. The van der Waals surface area contributed by atoms with Crippen molar-refractivity contribution in [1.29, 1.82) is 0 Å². The first-order valence-electron chi connectivity index (χ1n) is 6.24. The summed E-state index contributed by atoms with van der Waals surface area (Å²) in [6.45, 7) is 4.34. The Bertz CT molecular complexity index is 309. The topological polar surface area (TPSA) is 15.3 Å². The van der Waals surface area contributed by atoms with Gasteiger partial charge in [0.15, 0.2) is 0 Å². The van der Waals surface area contributed by atoms with Gasteiger partial charge in [-0.1, -0.05) is 35.0 Å². The zero-order valence-electron chi connectivity index (χ0n) is 11.0. The van der Waals surface area contributed by atoms with Gasteiger partial charge in [-0.15, -0.1) is 0 Å². The van der Waals surface area contributed by atoms with Crippen LogP contribution in [0.4, 0.5) is 0 Å². The summed E-state index contributed by atoms with van der Waals surface area (Å²) in [7, 11) is 4.26. The molecule has 1 atom stereocenters. The maximum atomic E-state index is 3.56. The quantitative estimate of drug-likeness (QED) is 0.833. The van der Waals surface area contributed by atoms with E-state index in [-0.39, 0.29) is 0 Å². The molecule has 0 fully saturated rings. The first kappa shape index (κ1) is 14.7. The summed E-state index contributed by atoms with van der Waals surface area (Å²) < 4.78 is 1.15. The molecule has 1 aromatic carbocycles. The molecular formula is C14H23BrN2. The van der Waals surface area contributed by atoms with Crippen LogP contribution < -0.4 is 5.32 Å². The van der Waals surface area contributed by atoms with Gasteiger partial charge in [-0.25, -0.2) is 0 Å². The van der Waals surface area contributed by atoms with Gasteiger partial charge in [-0.3, -0.25) is 0 Å². The van der Waals surface area contributed by atoms with Crippen LogP contribution in [0.15, 0.2) is 28.7 Å². The van der Waals surface area contributed by atoms with Crippen LogP contribution in [0.1, 0.15) is 18.9 Å². The molecule has 1 rings (SSSR count). The van der Waals surface area contributed by atoms with Gasteiger partial charge in [0.25, 0.3) is 0 Å². The number of halogens is 1. The Morgan fingerprint density at radius 1 is 1.24 bits per heavy atom. The minimum absolute atomic E-state index is 0.573. The van der Waals surface area contributed by atoms with E-state index in [1.807, 2.05) is 0 Å². The van der Waals surface area contributed by atoms with Crippen molar-refractivity contribution < 1.29 is 0 Å². The summed E-state index contributed by atoms with van der Waals surface area (Å²) in [5.41, 5.74) is 1.40. The Labute approximate surface area is 114 Å². The molecule has 17 heavy (non-hydrogen) atoms. The second-order valence-electron chi connectivity index (χ2n) is 4.68. The molecule has 0 aliphatic carbocycles. The maximum Gasteiger partial charge on any atom is 0.0175 e. The van der Waals surface area contributed by atoms with E-state index >= 15 is 0 Å². The fourth-order valence-electron chi connectivity index (χ4n) is 1.88. The van der Waals surface area contributed by atoms with E-state index in [9.17, 15) is 0 Å². The summed E-state index contributed by atoms with van der Waals surface area (Å²) >= 11 is 3.47. The molecule has 0 aliphatic heterocycles. The zero-order valence-corrected chi connectivity index (χ0v) is 12.6. The van der Waals surface area contributed by atoms with Crippen LogP contribution in [-0.4, -0.2) is 38.1 Å². The van der Waals surface area contributed by atoms with Crippen molar-refractivity contribution in [3.8, 4) is 0 Å². The highest BCUT2D eigenvalue weighted by atomic mass is 79.9. The van der Waals surface area contributed by atoms with Crippen molar-refractivity contribution >= 4 is 15.9 Å². The molecule has 0 saturated carbocycles. The average Bonchev–Trinajstić information content (AvgIpc) is 2.29. The Hall–Kier alpha value is -0.380. The lowest BCUT2D eigenvalue weighted by Gasteiger charge is -2.20. The normalized spacial score (nSPS) is 13.0. The van der Waals surface area contributed by atoms with E-state index in [2.05, 4.69) is 71.4 Å². The molecule has 1 unspecified atom stereocenters. The van der Waals surface area contributed by atoms with Crippen molar-refractivity contribution in [3.63, 3.8) is 0 Å². The molecule has 0 spiro atoms. The van der Waals surface area contributed by atoms with Crippen LogP contribution >= 0.6 is 15.9 Å². The summed E-state index contributed by atoms with van der Waals surface area (Å²) in [6.07, 6.45) is 2.30. The Kier molecular flexibility index (Phi) is 6.78. The van der Waals surface area contributed by atoms with Gasteiger partial charge in [0.05, 0.1) is 0 Å². The number of nitrogens with one attached hydrogen (secondary N) is 1. The van der Waals surface area contributed by atoms with Gasteiger partial charge in [0, 0.05) is 10.5 Å². The third kappa shape index (κ3) is 6.20. The molecule has 0 amide bonds.